The molecule has 0 saturated heterocycles. The zero-order valence-electron chi connectivity index (χ0n) is 20.4. The van der Waals surface area contributed by atoms with E-state index in [1.165, 1.54) is 22.3 Å². The quantitative estimate of drug-likeness (QED) is 0.257. The summed E-state index contributed by atoms with van der Waals surface area (Å²) in [5.41, 5.74) is 11.3. The van der Waals surface area contributed by atoms with Crippen molar-refractivity contribution in [3.05, 3.63) is 128 Å². The fourth-order valence-corrected chi connectivity index (χ4v) is 5.32. The molecular formula is C33H24N4. The second-order valence-electron chi connectivity index (χ2n) is 9.26. The van der Waals surface area contributed by atoms with E-state index < -0.39 is 0 Å². The summed E-state index contributed by atoms with van der Waals surface area (Å²) < 4.78 is 2.06. The van der Waals surface area contributed by atoms with E-state index in [-0.39, 0.29) is 0 Å². The van der Waals surface area contributed by atoms with Gasteiger partial charge in [0.1, 0.15) is 5.82 Å². The maximum absolute atomic E-state index is 4.63. The number of anilines is 3. The number of rotatable bonds is 3. The zero-order valence-corrected chi connectivity index (χ0v) is 20.4. The molecule has 6 aromatic rings. The van der Waals surface area contributed by atoms with Crippen molar-refractivity contribution in [3.8, 4) is 44.9 Å². The molecule has 0 aliphatic carbocycles. The lowest BCUT2D eigenvalue weighted by molar-refractivity contribution is 0.925. The van der Waals surface area contributed by atoms with Crippen LogP contribution in [0.1, 0.15) is 0 Å². The van der Waals surface area contributed by atoms with E-state index in [9.17, 15) is 0 Å². The Labute approximate surface area is 216 Å². The number of nitrogens with zero attached hydrogens (tertiary/aromatic N) is 4. The molecule has 0 spiro atoms. The van der Waals surface area contributed by atoms with E-state index in [1.807, 2.05) is 37.8 Å². The molecule has 0 atom stereocenters. The number of pyridine rings is 1. The number of fused-ring (bicyclic) bond motifs is 5. The molecule has 4 nitrogen and oxygen atoms in total. The molecule has 1 aliphatic heterocycles. The molecule has 0 unspecified atom stereocenters. The van der Waals surface area contributed by atoms with E-state index in [2.05, 4.69) is 116 Å². The molecule has 0 radical (unpaired) electrons. The van der Waals surface area contributed by atoms with Crippen LogP contribution < -0.4 is 4.90 Å². The van der Waals surface area contributed by atoms with Crippen LogP contribution in [0, 0.1) is 0 Å². The van der Waals surface area contributed by atoms with Crippen LogP contribution in [0.5, 0.6) is 0 Å². The van der Waals surface area contributed by atoms with Gasteiger partial charge in [0.2, 0.25) is 0 Å². The Morgan fingerprint density at radius 1 is 0.541 bits per heavy atom. The maximum atomic E-state index is 4.63. The molecule has 7 rings (SSSR count). The highest BCUT2D eigenvalue weighted by Crippen LogP contribution is 2.51. The molecule has 0 bridgehead atoms. The Morgan fingerprint density at radius 2 is 1.30 bits per heavy atom. The lowest BCUT2D eigenvalue weighted by Gasteiger charge is -2.28. The van der Waals surface area contributed by atoms with E-state index in [1.54, 1.807) is 0 Å². The Morgan fingerprint density at radius 3 is 2.05 bits per heavy atom. The largest absolute Gasteiger partial charge is 0.334 e. The van der Waals surface area contributed by atoms with E-state index in [0.717, 1.165) is 39.7 Å². The smallest absolute Gasteiger partial charge is 0.139 e. The number of benzene rings is 4. The molecule has 0 amide bonds. The van der Waals surface area contributed by atoms with Crippen LogP contribution in [0.25, 0.3) is 44.9 Å². The SMILES string of the molecule is Cn1ccnc1-c1ccc2c(c1)N(c1cccc(-c3ccccn3)c1)c1ccccc1-c1ccccc1-2. The highest BCUT2D eigenvalue weighted by Gasteiger charge is 2.26. The van der Waals surface area contributed by atoms with Gasteiger partial charge in [-0.25, -0.2) is 4.98 Å². The first-order valence-electron chi connectivity index (χ1n) is 12.4. The molecule has 0 saturated carbocycles. The van der Waals surface area contributed by atoms with Gasteiger partial charge in [-0.15, -0.1) is 0 Å². The predicted molar refractivity (Wildman–Crippen MR) is 151 cm³/mol. The molecule has 3 heterocycles. The van der Waals surface area contributed by atoms with Crippen molar-refractivity contribution in [1.29, 1.82) is 0 Å². The number of imidazole rings is 1. The van der Waals surface area contributed by atoms with Crippen LogP contribution in [0.4, 0.5) is 17.1 Å². The van der Waals surface area contributed by atoms with Crippen molar-refractivity contribution in [2.45, 2.75) is 0 Å². The summed E-state index contributed by atoms with van der Waals surface area (Å²) in [5, 5.41) is 0. The normalized spacial score (nSPS) is 11.9. The summed E-state index contributed by atoms with van der Waals surface area (Å²) in [6, 6.07) is 38.7. The molecule has 0 N–H and O–H groups in total. The van der Waals surface area contributed by atoms with Crippen LogP contribution >= 0.6 is 0 Å². The average molecular weight is 477 g/mol. The maximum Gasteiger partial charge on any atom is 0.139 e. The number of hydrogen-bond acceptors (Lipinski definition) is 3. The Balaban J connectivity index is 1.53. The van der Waals surface area contributed by atoms with E-state index in [4.69, 9.17) is 0 Å². The van der Waals surface area contributed by atoms with Gasteiger partial charge in [-0.2, -0.15) is 0 Å². The topological polar surface area (TPSA) is 34.0 Å². The standard InChI is InChI=1S/C33H24N4/c1-36-20-19-35-33(36)24-16-17-29-27-12-3-2-11-26(27)28-13-4-5-15-31(28)37(32(29)22-24)25-10-8-9-23(21-25)30-14-6-7-18-34-30/h2-22H,1H3. The van der Waals surface area contributed by atoms with Crippen molar-refractivity contribution in [1.82, 2.24) is 14.5 Å². The van der Waals surface area contributed by atoms with Gasteiger partial charge in [0, 0.05) is 53.6 Å². The first kappa shape index (κ1) is 21.3. The third-order valence-corrected chi connectivity index (χ3v) is 7.04. The van der Waals surface area contributed by atoms with Crippen LogP contribution in [-0.2, 0) is 7.05 Å². The van der Waals surface area contributed by atoms with Crippen molar-refractivity contribution < 1.29 is 0 Å². The van der Waals surface area contributed by atoms with Crippen LogP contribution in [0.15, 0.2) is 128 Å². The zero-order chi connectivity index (χ0) is 24.8. The number of aromatic nitrogens is 3. The Hall–Kier alpha value is -4.96. The minimum Gasteiger partial charge on any atom is -0.334 e. The summed E-state index contributed by atoms with van der Waals surface area (Å²) in [6.45, 7) is 0. The average Bonchev–Trinajstić information content (AvgIpc) is 3.35. The van der Waals surface area contributed by atoms with Gasteiger partial charge in [-0.3, -0.25) is 4.98 Å². The molecule has 4 aromatic carbocycles. The monoisotopic (exact) mass is 476 g/mol. The van der Waals surface area contributed by atoms with Gasteiger partial charge in [0.15, 0.2) is 0 Å². The van der Waals surface area contributed by atoms with Crippen molar-refractivity contribution in [2.24, 2.45) is 7.05 Å². The van der Waals surface area contributed by atoms with Crippen LogP contribution in [-0.4, -0.2) is 14.5 Å². The first-order valence-corrected chi connectivity index (χ1v) is 12.4. The second-order valence-corrected chi connectivity index (χ2v) is 9.26. The number of para-hydroxylation sites is 1. The van der Waals surface area contributed by atoms with E-state index in [0.29, 0.717) is 0 Å². The highest BCUT2D eigenvalue weighted by atomic mass is 15.2. The summed E-state index contributed by atoms with van der Waals surface area (Å²) >= 11 is 0. The van der Waals surface area contributed by atoms with Gasteiger partial charge in [-0.1, -0.05) is 72.8 Å². The fraction of sp³-hybridized carbons (Fsp3) is 0.0303. The molecule has 37 heavy (non-hydrogen) atoms. The summed E-state index contributed by atoms with van der Waals surface area (Å²) in [5.74, 6) is 0.941. The molecule has 0 fully saturated rings. The molecule has 176 valence electrons. The lowest BCUT2D eigenvalue weighted by atomic mass is 9.94. The second kappa shape index (κ2) is 8.61. The van der Waals surface area contributed by atoms with Crippen LogP contribution in [0.3, 0.4) is 0 Å². The van der Waals surface area contributed by atoms with Gasteiger partial charge < -0.3 is 9.47 Å². The third-order valence-electron chi connectivity index (χ3n) is 7.04. The van der Waals surface area contributed by atoms with Gasteiger partial charge >= 0.3 is 0 Å². The third kappa shape index (κ3) is 3.54. The Bertz CT molecular complexity index is 1750. The fourth-order valence-electron chi connectivity index (χ4n) is 5.32. The van der Waals surface area contributed by atoms with Gasteiger partial charge in [0.05, 0.1) is 17.1 Å². The molecule has 1 aliphatic rings. The van der Waals surface area contributed by atoms with E-state index >= 15 is 0 Å². The van der Waals surface area contributed by atoms with Crippen molar-refractivity contribution >= 4 is 17.1 Å². The molecular weight excluding hydrogens is 452 g/mol. The van der Waals surface area contributed by atoms with Crippen LogP contribution in [0.2, 0.25) is 0 Å². The summed E-state index contributed by atoms with van der Waals surface area (Å²) in [7, 11) is 2.03. The first-order chi connectivity index (χ1) is 18.3. The predicted octanol–water partition coefficient (Wildman–Crippen LogP) is 8.27. The minimum absolute atomic E-state index is 0.941. The lowest BCUT2D eigenvalue weighted by Crippen LogP contribution is -2.11. The van der Waals surface area contributed by atoms with Gasteiger partial charge in [0.25, 0.3) is 0 Å². The highest BCUT2D eigenvalue weighted by molar-refractivity contribution is 6.03. The number of aryl methyl sites for hydroxylation is 1. The Kier molecular flexibility index (Phi) is 4.96. The summed E-state index contributed by atoms with van der Waals surface area (Å²) in [4.78, 5) is 11.6. The minimum atomic E-state index is 0.941. The van der Waals surface area contributed by atoms with Crippen molar-refractivity contribution in [2.75, 3.05) is 4.90 Å². The summed E-state index contributed by atoms with van der Waals surface area (Å²) in [6.07, 6.45) is 5.67. The molecule has 2 aromatic heterocycles. The van der Waals surface area contributed by atoms with Crippen molar-refractivity contribution in [3.63, 3.8) is 0 Å². The molecule has 4 heteroatoms. The van der Waals surface area contributed by atoms with Gasteiger partial charge in [-0.05, 0) is 47.5 Å². The number of hydrogen-bond donors (Lipinski definition) is 0.